The molecule has 4 rings (SSSR count). The lowest BCUT2D eigenvalue weighted by molar-refractivity contribution is 0.370. The van der Waals surface area contributed by atoms with E-state index in [1.165, 1.54) is 49.6 Å². The van der Waals surface area contributed by atoms with Crippen LogP contribution in [0, 0.1) is 5.82 Å². The first-order valence-corrected chi connectivity index (χ1v) is 13.5. The van der Waals surface area contributed by atoms with Crippen molar-refractivity contribution in [3.05, 3.63) is 89.7 Å². The molecule has 11 heteroatoms. The van der Waals surface area contributed by atoms with Gasteiger partial charge in [-0.05, 0) is 59.7 Å². The minimum atomic E-state index is -4.07. The molecule has 1 aliphatic rings. The summed E-state index contributed by atoms with van der Waals surface area (Å²) in [6.45, 7) is 0. The molecular formula is C23H22FN3O5S2. The molecule has 178 valence electrons. The van der Waals surface area contributed by atoms with Gasteiger partial charge in [-0.15, -0.1) is 0 Å². The van der Waals surface area contributed by atoms with E-state index in [-0.39, 0.29) is 11.3 Å². The summed E-state index contributed by atoms with van der Waals surface area (Å²) in [6.07, 6.45) is 1.26. The van der Waals surface area contributed by atoms with E-state index in [0.717, 1.165) is 10.7 Å². The van der Waals surface area contributed by atoms with Crippen LogP contribution in [0.25, 0.3) is 0 Å². The van der Waals surface area contributed by atoms with Crippen molar-refractivity contribution in [2.24, 2.45) is 5.10 Å². The molecule has 0 bridgehead atoms. The summed E-state index contributed by atoms with van der Waals surface area (Å²) in [5, 5.41) is 4.41. The summed E-state index contributed by atoms with van der Waals surface area (Å²) >= 11 is 0. The number of methoxy groups -OCH3 is 1. The van der Waals surface area contributed by atoms with E-state index in [1.54, 1.807) is 30.3 Å². The van der Waals surface area contributed by atoms with E-state index in [4.69, 9.17) is 4.74 Å². The van der Waals surface area contributed by atoms with Crippen molar-refractivity contribution >= 4 is 31.4 Å². The first-order valence-electron chi connectivity index (χ1n) is 10.2. The molecule has 0 amide bonds. The minimum Gasteiger partial charge on any atom is -0.497 e. The average molecular weight is 504 g/mol. The number of benzene rings is 3. The smallest absolute Gasteiger partial charge is 0.279 e. The van der Waals surface area contributed by atoms with Crippen LogP contribution in [0.5, 0.6) is 5.75 Å². The molecule has 1 unspecified atom stereocenters. The summed E-state index contributed by atoms with van der Waals surface area (Å²) in [5.41, 5.74) is 1.92. The third-order valence-electron chi connectivity index (χ3n) is 5.23. The second kappa shape index (κ2) is 9.07. The SMILES string of the molecule is COc1ccc(S(=O)(=O)N2N=C(c3ccc(NS(C)(=O)=O)cc3)CC2c2cccc(F)c2)cc1. The number of hydrogen-bond acceptors (Lipinski definition) is 6. The summed E-state index contributed by atoms with van der Waals surface area (Å²) < 4.78 is 72.4. The Kier molecular flexibility index (Phi) is 6.32. The molecule has 3 aromatic rings. The van der Waals surface area contributed by atoms with Crippen molar-refractivity contribution in [2.75, 3.05) is 18.1 Å². The normalized spacial score (nSPS) is 16.3. The van der Waals surface area contributed by atoms with Gasteiger partial charge in [-0.25, -0.2) is 12.8 Å². The van der Waals surface area contributed by atoms with Crippen molar-refractivity contribution in [3.8, 4) is 5.75 Å². The molecule has 1 aliphatic heterocycles. The molecule has 0 aliphatic carbocycles. The first kappa shape index (κ1) is 23.7. The topological polar surface area (TPSA) is 105 Å². The second-order valence-corrected chi connectivity index (χ2v) is 11.3. The van der Waals surface area contributed by atoms with Crippen molar-refractivity contribution in [1.29, 1.82) is 0 Å². The second-order valence-electron chi connectivity index (χ2n) is 7.73. The maximum Gasteiger partial charge on any atom is 0.279 e. The van der Waals surface area contributed by atoms with Crippen molar-refractivity contribution < 1.29 is 26.0 Å². The summed E-state index contributed by atoms with van der Waals surface area (Å²) in [4.78, 5) is 0.0207. The Morgan fingerprint density at radius 2 is 1.68 bits per heavy atom. The van der Waals surface area contributed by atoms with Gasteiger partial charge in [0.05, 0.1) is 30.0 Å². The Labute approximate surface area is 197 Å². The lowest BCUT2D eigenvalue weighted by Gasteiger charge is -2.23. The predicted molar refractivity (Wildman–Crippen MR) is 127 cm³/mol. The fraction of sp³-hybridized carbons (Fsp3) is 0.174. The molecule has 0 fully saturated rings. The summed E-state index contributed by atoms with van der Waals surface area (Å²) in [7, 11) is -6.02. The van der Waals surface area contributed by atoms with Crippen LogP contribution in [0.15, 0.2) is 82.8 Å². The van der Waals surface area contributed by atoms with E-state index in [2.05, 4.69) is 9.82 Å². The molecule has 34 heavy (non-hydrogen) atoms. The largest absolute Gasteiger partial charge is 0.497 e. The highest BCUT2D eigenvalue weighted by molar-refractivity contribution is 7.92. The van der Waals surface area contributed by atoms with Crippen LogP contribution in [-0.4, -0.2) is 40.3 Å². The zero-order chi connectivity index (χ0) is 24.5. The fourth-order valence-electron chi connectivity index (χ4n) is 3.65. The third-order valence-corrected chi connectivity index (χ3v) is 7.53. The van der Waals surface area contributed by atoms with E-state index in [9.17, 15) is 21.2 Å². The van der Waals surface area contributed by atoms with Gasteiger partial charge >= 0.3 is 0 Å². The van der Waals surface area contributed by atoms with Gasteiger partial charge in [-0.2, -0.15) is 17.9 Å². The molecule has 0 saturated heterocycles. The monoisotopic (exact) mass is 503 g/mol. The number of sulfonamides is 2. The predicted octanol–water partition coefficient (Wildman–Crippen LogP) is 3.75. The molecule has 3 aromatic carbocycles. The highest BCUT2D eigenvalue weighted by Gasteiger charge is 2.38. The Hall–Kier alpha value is -3.44. The van der Waals surface area contributed by atoms with Gasteiger partial charge < -0.3 is 4.74 Å². The number of halogens is 1. The first-order chi connectivity index (χ1) is 16.1. The van der Waals surface area contributed by atoms with Gasteiger partial charge in [0.2, 0.25) is 10.0 Å². The van der Waals surface area contributed by atoms with Gasteiger partial charge in [-0.3, -0.25) is 4.72 Å². The average Bonchev–Trinajstić information content (AvgIpc) is 3.25. The Balaban J connectivity index is 1.73. The van der Waals surface area contributed by atoms with Gasteiger partial charge in [0.15, 0.2) is 0 Å². The standard InChI is InChI=1S/C23H22FN3O5S2/c1-32-20-10-12-21(13-11-20)34(30,31)27-23(17-4-3-5-18(24)14-17)15-22(25-27)16-6-8-19(9-7-16)26-33(2,28)29/h3-14,23,26H,15H2,1-2H3. The van der Waals surface area contributed by atoms with E-state index in [1.807, 2.05) is 0 Å². The molecule has 1 heterocycles. The van der Waals surface area contributed by atoms with Crippen LogP contribution < -0.4 is 9.46 Å². The van der Waals surface area contributed by atoms with E-state index >= 15 is 0 Å². The molecule has 0 spiro atoms. The van der Waals surface area contributed by atoms with E-state index < -0.39 is 31.9 Å². The van der Waals surface area contributed by atoms with Crippen LogP contribution in [0.4, 0.5) is 10.1 Å². The Morgan fingerprint density at radius 3 is 2.26 bits per heavy atom. The van der Waals surface area contributed by atoms with Crippen LogP contribution in [0.2, 0.25) is 0 Å². The molecular weight excluding hydrogens is 481 g/mol. The zero-order valence-electron chi connectivity index (χ0n) is 18.3. The molecule has 1 N–H and O–H groups in total. The zero-order valence-corrected chi connectivity index (χ0v) is 20.0. The highest BCUT2D eigenvalue weighted by atomic mass is 32.2. The molecule has 0 aromatic heterocycles. The van der Waals surface area contributed by atoms with Crippen LogP contribution in [0.1, 0.15) is 23.6 Å². The number of nitrogens with zero attached hydrogens (tertiary/aromatic N) is 2. The number of rotatable bonds is 7. The molecule has 0 radical (unpaired) electrons. The van der Waals surface area contributed by atoms with Gasteiger partial charge in [-0.1, -0.05) is 24.3 Å². The maximum atomic E-state index is 14.0. The van der Waals surface area contributed by atoms with Crippen molar-refractivity contribution in [1.82, 2.24) is 4.41 Å². The lowest BCUT2D eigenvalue weighted by atomic mass is 9.99. The highest BCUT2D eigenvalue weighted by Crippen LogP contribution is 2.37. The maximum absolute atomic E-state index is 14.0. The van der Waals surface area contributed by atoms with Gasteiger partial charge in [0.1, 0.15) is 11.6 Å². The molecule has 0 saturated carbocycles. The number of hydrazone groups is 1. The molecule has 1 atom stereocenters. The van der Waals surface area contributed by atoms with Gasteiger partial charge in [0, 0.05) is 12.1 Å². The fourth-order valence-corrected chi connectivity index (χ4v) is 5.64. The van der Waals surface area contributed by atoms with Crippen molar-refractivity contribution in [3.63, 3.8) is 0 Å². The summed E-state index contributed by atoms with van der Waals surface area (Å²) in [6, 6.07) is 17.4. The van der Waals surface area contributed by atoms with Crippen LogP contribution in [0.3, 0.4) is 0 Å². The number of nitrogens with one attached hydrogen (secondary N) is 1. The summed E-state index contributed by atoms with van der Waals surface area (Å²) in [5.74, 6) is 0.0259. The number of ether oxygens (including phenoxy) is 1. The number of anilines is 1. The van der Waals surface area contributed by atoms with E-state index in [0.29, 0.717) is 28.3 Å². The van der Waals surface area contributed by atoms with Crippen molar-refractivity contribution in [2.45, 2.75) is 17.4 Å². The Morgan fingerprint density at radius 1 is 1.00 bits per heavy atom. The third kappa shape index (κ3) is 5.05. The quantitative estimate of drug-likeness (QED) is 0.529. The molecule has 8 nitrogen and oxygen atoms in total. The minimum absolute atomic E-state index is 0.0207. The van der Waals surface area contributed by atoms with Crippen LogP contribution in [-0.2, 0) is 20.0 Å². The van der Waals surface area contributed by atoms with Crippen LogP contribution >= 0.6 is 0 Å². The Bertz CT molecular complexity index is 1440. The number of hydrogen-bond donors (Lipinski definition) is 1. The van der Waals surface area contributed by atoms with Gasteiger partial charge in [0.25, 0.3) is 10.0 Å². The lowest BCUT2D eigenvalue weighted by Crippen LogP contribution is -2.27.